The molecule has 0 aliphatic carbocycles. The number of benzene rings is 2. The van der Waals surface area contributed by atoms with Gasteiger partial charge in [-0.1, -0.05) is 53.7 Å². The fraction of sp³-hybridized carbons (Fsp3) is 0.304. The summed E-state index contributed by atoms with van der Waals surface area (Å²) < 4.78 is 1.88. The van der Waals surface area contributed by atoms with Gasteiger partial charge in [-0.3, -0.25) is 9.59 Å². The first kappa shape index (κ1) is 22.4. The molecule has 166 valence electrons. The molecule has 2 heterocycles. The van der Waals surface area contributed by atoms with Crippen molar-refractivity contribution in [2.24, 2.45) is 7.05 Å². The Bertz CT molecular complexity index is 1150. The van der Waals surface area contributed by atoms with Gasteiger partial charge in [0.05, 0.1) is 22.5 Å². The zero-order chi connectivity index (χ0) is 22.7. The van der Waals surface area contributed by atoms with Crippen LogP contribution < -0.4 is 5.32 Å². The Morgan fingerprint density at radius 2 is 1.91 bits per heavy atom. The molecule has 0 spiro atoms. The number of carbonyl (C=O) groups excluding carboxylic acids is 2. The van der Waals surface area contributed by atoms with Crippen molar-refractivity contribution in [2.45, 2.75) is 31.0 Å². The summed E-state index contributed by atoms with van der Waals surface area (Å²) in [5.41, 5.74) is 2.25. The lowest BCUT2D eigenvalue weighted by Gasteiger charge is -2.24. The van der Waals surface area contributed by atoms with Crippen molar-refractivity contribution in [3.8, 4) is 0 Å². The van der Waals surface area contributed by atoms with E-state index in [9.17, 15) is 9.59 Å². The molecule has 1 saturated heterocycles. The van der Waals surface area contributed by atoms with Gasteiger partial charge in [0.1, 0.15) is 0 Å². The summed E-state index contributed by atoms with van der Waals surface area (Å²) in [4.78, 5) is 27.4. The van der Waals surface area contributed by atoms with E-state index in [4.69, 9.17) is 11.6 Å². The summed E-state index contributed by atoms with van der Waals surface area (Å²) >= 11 is 7.40. The molecule has 2 aromatic carbocycles. The largest absolute Gasteiger partial charge is 0.328 e. The number of rotatable bonds is 6. The normalized spacial score (nSPS) is 15.7. The second kappa shape index (κ2) is 9.75. The third-order valence-corrected chi connectivity index (χ3v) is 6.89. The van der Waals surface area contributed by atoms with Gasteiger partial charge in [-0.2, -0.15) is 0 Å². The predicted molar refractivity (Wildman–Crippen MR) is 126 cm³/mol. The minimum atomic E-state index is -0.176. The highest BCUT2D eigenvalue weighted by molar-refractivity contribution is 7.99. The van der Waals surface area contributed by atoms with E-state index in [-0.39, 0.29) is 23.6 Å². The first-order valence-corrected chi connectivity index (χ1v) is 11.7. The second-order valence-electron chi connectivity index (χ2n) is 7.69. The Kier molecular flexibility index (Phi) is 6.81. The Morgan fingerprint density at radius 3 is 2.69 bits per heavy atom. The molecule has 9 heteroatoms. The maximum atomic E-state index is 13.2. The molecule has 0 saturated carbocycles. The van der Waals surface area contributed by atoms with Gasteiger partial charge >= 0.3 is 0 Å². The van der Waals surface area contributed by atoms with E-state index in [1.807, 2.05) is 59.8 Å². The summed E-state index contributed by atoms with van der Waals surface area (Å²) in [6.45, 7) is 2.64. The minimum absolute atomic E-state index is 0.0157. The van der Waals surface area contributed by atoms with Gasteiger partial charge in [-0.15, -0.1) is 10.2 Å². The average molecular weight is 470 g/mol. The standard InChI is InChI=1S/C23H24ClN5O2S/c1-15-8-3-4-9-16(15)22(31)29-13-7-12-19(29)21-26-27-23(28(21)2)32-14-20(30)25-18-11-6-5-10-17(18)24/h3-6,8-11,19H,7,12-14H2,1-2H3,(H,25,30). The molecule has 1 aliphatic rings. The average Bonchev–Trinajstić information content (AvgIpc) is 3.40. The summed E-state index contributed by atoms with van der Waals surface area (Å²) in [7, 11) is 1.87. The van der Waals surface area contributed by atoms with Crippen molar-refractivity contribution in [1.29, 1.82) is 0 Å². The number of likely N-dealkylation sites (tertiary alicyclic amines) is 1. The molecule has 2 amide bonds. The number of carbonyl (C=O) groups is 2. The molecule has 1 unspecified atom stereocenters. The van der Waals surface area contributed by atoms with E-state index in [1.165, 1.54) is 11.8 Å². The fourth-order valence-electron chi connectivity index (χ4n) is 3.87. The number of amides is 2. The van der Waals surface area contributed by atoms with Crippen LogP contribution >= 0.6 is 23.4 Å². The Balaban J connectivity index is 1.44. The van der Waals surface area contributed by atoms with Gasteiger partial charge < -0.3 is 14.8 Å². The second-order valence-corrected chi connectivity index (χ2v) is 9.04. The summed E-state index contributed by atoms with van der Waals surface area (Å²) in [5.74, 6) is 0.749. The van der Waals surface area contributed by atoms with Crippen LogP contribution in [-0.2, 0) is 11.8 Å². The van der Waals surface area contributed by atoms with Crippen LogP contribution in [0.15, 0.2) is 53.7 Å². The van der Waals surface area contributed by atoms with Gasteiger partial charge in [-0.05, 0) is 43.5 Å². The van der Waals surface area contributed by atoms with Crippen LogP contribution in [0.2, 0.25) is 5.02 Å². The molecule has 4 rings (SSSR count). The number of aryl methyl sites for hydroxylation is 1. The molecule has 0 bridgehead atoms. The molecule has 1 fully saturated rings. The highest BCUT2D eigenvalue weighted by Crippen LogP contribution is 2.33. The third kappa shape index (κ3) is 4.66. The molecular formula is C23H24ClN5O2S. The Morgan fingerprint density at radius 1 is 1.16 bits per heavy atom. The summed E-state index contributed by atoms with van der Waals surface area (Å²) in [6.07, 6.45) is 1.75. The first-order chi connectivity index (χ1) is 15.5. The molecule has 1 N–H and O–H groups in total. The van der Waals surface area contributed by atoms with Crippen LogP contribution in [0.1, 0.15) is 40.6 Å². The maximum absolute atomic E-state index is 13.2. The lowest BCUT2D eigenvalue weighted by molar-refractivity contribution is -0.113. The van der Waals surface area contributed by atoms with Crippen molar-refractivity contribution in [2.75, 3.05) is 17.6 Å². The van der Waals surface area contributed by atoms with E-state index in [1.54, 1.807) is 12.1 Å². The van der Waals surface area contributed by atoms with Gasteiger partial charge in [-0.25, -0.2) is 0 Å². The number of halogens is 1. The lowest BCUT2D eigenvalue weighted by Crippen LogP contribution is -2.32. The number of para-hydroxylation sites is 1. The zero-order valence-corrected chi connectivity index (χ0v) is 19.5. The van der Waals surface area contributed by atoms with Crippen molar-refractivity contribution in [1.82, 2.24) is 19.7 Å². The predicted octanol–water partition coefficient (Wildman–Crippen LogP) is 4.49. The van der Waals surface area contributed by atoms with Gasteiger partial charge in [0.25, 0.3) is 5.91 Å². The fourth-order valence-corrected chi connectivity index (χ4v) is 4.77. The number of thioether (sulfide) groups is 1. The van der Waals surface area contributed by atoms with Crippen molar-refractivity contribution in [3.63, 3.8) is 0 Å². The Hall–Kier alpha value is -2.84. The van der Waals surface area contributed by atoms with Gasteiger partial charge in [0.2, 0.25) is 5.91 Å². The minimum Gasteiger partial charge on any atom is -0.328 e. The summed E-state index contributed by atoms with van der Waals surface area (Å²) in [5, 5.41) is 12.6. The van der Waals surface area contributed by atoms with E-state index in [0.717, 1.165) is 24.2 Å². The smallest absolute Gasteiger partial charge is 0.254 e. The van der Waals surface area contributed by atoms with Gasteiger partial charge in [0.15, 0.2) is 11.0 Å². The molecule has 1 atom stereocenters. The Labute approximate surface area is 196 Å². The number of hydrogen-bond donors (Lipinski definition) is 1. The van der Waals surface area contributed by atoms with Crippen LogP contribution in [0.3, 0.4) is 0 Å². The highest BCUT2D eigenvalue weighted by Gasteiger charge is 2.34. The highest BCUT2D eigenvalue weighted by atomic mass is 35.5. The van der Waals surface area contributed by atoms with E-state index in [2.05, 4.69) is 15.5 Å². The van der Waals surface area contributed by atoms with Crippen molar-refractivity contribution >= 4 is 40.9 Å². The zero-order valence-electron chi connectivity index (χ0n) is 17.9. The maximum Gasteiger partial charge on any atom is 0.254 e. The number of nitrogens with zero attached hydrogens (tertiary/aromatic N) is 4. The molecule has 3 aromatic rings. The third-order valence-electron chi connectivity index (χ3n) is 5.54. The van der Waals surface area contributed by atoms with E-state index < -0.39 is 0 Å². The van der Waals surface area contributed by atoms with Gasteiger partial charge in [0, 0.05) is 19.2 Å². The summed E-state index contributed by atoms with van der Waals surface area (Å²) in [6, 6.07) is 14.6. The monoisotopic (exact) mass is 469 g/mol. The van der Waals surface area contributed by atoms with Crippen LogP contribution in [-0.4, -0.2) is 43.8 Å². The number of aromatic nitrogens is 3. The quantitative estimate of drug-likeness (QED) is 0.538. The lowest BCUT2D eigenvalue weighted by atomic mass is 10.1. The van der Waals surface area contributed by atoms with Crippen molar-refractivity contribution < 1.29 is 9.59 Å². The molecule has 1 aromatic heterocycles. The van der Waals surface area contributed by atoms with Crippen molar-refractivity contribution in [3.05, 3.63) is 70.5 Å². The molecule has 0 radical (unpaired) electrons. The molecule has 32 heavy (non-hydrogen) atoms. The van der Waals surface area contributed by atoms with Crippen LogP contribution in [0.5, 0.6) is 0 Å². The van der Waals surface area contributed by atoms with E-state index >= 15 is 0 Å². The van der Waals surface area contributed by atoms with Crippen LogP contribution in [0.25, 0.3) is 0 Å². The van der Waals surface area contributed by atoms with Crippen LogP contribution in [0, 0.1) is 6.92 Å². The number of anilines is 1. The SMILES string of the molecule is Cc1ccccc1C(=O)N1CCCC1c1nnc(SCC(=O)Nc2ccccc2Cl)n1C. The first-order valence-electron chi connectivity index (χ1n) is 10.4. The number of hydrogen-bond acceptors (Lipinski definition) is 5. The topological polar surface area (TPSA) is 80.1 Å². The van der Waals surface area contributed by atoms with E-state index in [0.29, 0.717) is 28.0 Å². The molecule has 7 nitrogen and oxygen atoms in total. The number of nitrogens with one attached hydrogen (secondary N) is 1. The molecular weight excluding hydrogens is 446 g/mol. The molecule has 1 aliphatic heterocycles. The van der Waals surface area contributed by atoms with Crippen LogP contribution in [0.4, 0.5) is 5.69 Å².